The molecule has 2 N–H and O–H groups in total. The van der Waals surface area contributed by atoms with Gasteiger partial charge in [0.2, 0.25) is 5.91 Å². The number of rotatable bonds is 12. The maximum Gasteiger partial charge on any atom is 0.276 e. The Hall–Kier alpha value is -3.20. The van der Waals surface area contributed by atoms with Crippen LogP contribution in [-0.4, -0.2) is 36.6 Å². The number of amides is 2. The summed E-state index contributed by atoms with van der Waals surface area (Å²) in [6.07, 6.45) is 0.121. The number of hydrogen-bond donors (Lipinski definition) is 2. The maximum atomic E-state index is 12.0. The van der Waals surface area contributed by atoms with Gasteiger partial charge >= 0.3 is 0 Å². The SMILES string of the molecule is CCOc1ccccc1OCC(=O)NNC(=O)CCC(=O)CCC(=O)c1ccc(C)s1. The Morgan fingerprint density at radius 3 is 2.13 bits per heavy atom. The zero-order valence-corrected chi connectivity index (χ0v) is 18.4. The second-order valence-electron chi connectivity index (χ2n) is 6.64. The van der Waals surface area contributed by atoms with Crippen LogP contribution in [0.2, 0.25) is 0 Å². The number of thiophene rings is 1. The average Bonchev–Trinajstić information content (AvgIpc) is 3.20. The Kier molecular flexibility index (Phi) is 9.70. The van der Waals surface area contributed by atoms with Crippen LogP contribution < -0.4 is 20.3 Å². The van der Waals surface area contributed by atoms with Crippen LogP contribution in [0.1, 0.15) is 47.2 Å². The number of nitrogens with one attached hydrogen (secondary N) is 2. The third kappa shape index (κ3) is 8.59. The first-order chi connectivity index (χ1) is 14.9. The summed E-state index contributed by atoms with van der Waals surface area (Å²) >= 11 is 1.40. The fraction of sp³-hybridized carbons (Fsp3) is 0.364. The molecule has 0 aliphatic carbocycles. The fourth-order valence-electron chi connectivity index (χ4n) is 2.56. The zero-order valence-electron chi connectivity index (χ0n) is 17.6. The molecular formula is C22H26N2O6S. The van der Waals surface area contributed by atoms with Gasteiger partial charge in [0.25, 0.3) is 5.91 Å². The van der Waals surface area contributed by atoms with Gasteiger partial charge in [-0.25, -0.2) is 0 Å². The summed E-state index contributed by atoms with van der Waals surface area (Å²) in [6.45, 7) is 3.90. The number of ether oxygens (including phenoxy) is 2. The first-order valence-corrected chi connectivity index (χ1v) is 10.7. The number of aryl methyl sites for hydroxylation is 1. The van der Waals surface area contributed by atoms with Gasteiger partial charge in [0.15, 0.2) is 23.9 Å². The van der Waals surface area contributed by atoms with Crippen LogP contribution in [0, 0.1) is 6.92 Å². The van der Waals surface area contributed by atoms with Gasteiger partial charge in [-0.1, -0.05) is 12.1 Å². The van der Waals surface area contributed by atoms with Gasteiger partial charge in [-0.3, -0.25) is 30.0 Å². The van der Waals surface area contributed by atoms with Gasteiger partial charge < -0.3 is 9.47 Å². The molecule has 0 aliphatic rings. The van der Waals surface area contributed by atoms with Crippen molar-refractivity contribution in [3.8, 4) is 11.5 Å². The molecule has 0 radical (unpaired) electrons. The molecule has 31 heavy (non-hydrogen) atoms. The van der Waals surface area contributed by atoms with E-state index < -0.39 is 11.8 Å². The molecule has 0 bridgehead atoms. The number of hydrogen-bond acceptors (Lipinski definition) is 7. The van der Waals surface area contributed by atoms with Crippen molar-refractivity contribution >= 4 is 34.7 Å². The van der Waals surface area contributed by atoms with Gasteiger partial charge in [0.1, 0.15) is 5.78 Å². The lowest BCUT2D eigenvalue weighted by atomic mass is 10.1. The molecule has 1 heterocycles. The van der Waals surface area contributed by atoms with Crippen LogP contribution in [0.3, 0.4) is 0 Å². The Bertz CT molecular complexity index is 924. The molecule has 9 heteroatoms. The van der Waals surface area contributed by atoms with Gasteiger partial charge in [0.05, 0.1) is 11.5 Å². The molecule has 0 unspecified atom stereocenters. The first kappa shape index (κ1) is 24.1. The molecule has 8 nitrogen and oxygen atoms in total. The highest BCUT2D eigenvalue weighted by Gasteiger charge is 2.13. The number of Topliss-reactive ketones (excluding diaryl/α,β-unsaturated/α-hetero) is 2. The number of carbonyl (C=O) groups is 4. The molecule has 0 aliphatic heterocycles. The molecule has 1 aromatic heterocycles. The molecule has 2 rings (SSSR count). The molecule has 0 fully saturated rings. The van der Waals surface area contributed by atoms with Crippen LogP contribution in [0.5, 0.6) is 11.5 Å². The summed E-state index contributed by atoms with van der Waals surface area (Å²) in [5.41, 5.74) is 4.47. The highest BCUT2D eigenvalue weighted by molar-refractivity contribution is 7.14. The van der Waals surface area contributed by atoms with Crippen LogP contribution in [0.15, 0.2) is 36.4 Å². The Morgan fingerprint density at radius 1 is 0.839 bits per heavy atom. The minimum atomic E-state index is -0.553. The van der Waals surface area contributed by atoms with Gasteiger partial charge in [-0.2, -0.15) is 0 Å². The number of carbonyl (C=O) groups excluding carboxylic acids is 4. The minimum absolute atomic E-state index is 0.00329. The van der Waals surface area contributed by atoms with E-state index in [1.54, 1.807) is 30.3 Å². The van der Waals surface area contributed by atoms with E-state index in [0.29, 0.717) is 23.0 Å². The summed E-state index contributed by atoms with van der Waals surface area (Å²) in [5, 5.41) is 0. The van der Waals surface area contributed by atoms with Crippen molar-refractivity contribution < 1.29 is 28.7 Å². The quantitative estimate of drug-likeness (QED) is 0.383. The predicted octanol–water partition coefficient (Wildman–Crippen LogP) is 2.99. The van der Waals surface area contributed by atoms with Crippen molar-refractivity contribution in [1.82, 2.24) is 10.9 Å². The molecule has 0 saturated heterocycles. The Labute approximate surface area is 184 Å². The third-order valence-corrected chi connectivity index (χ3v) is 5.17. The van der Waals surface area contributed by atoms with Crippen molar-refractivity contribution in [2.75, 3.05) is 13.2 Å². The topological polar surface area (TPSA) is 111 Å². The number of benzene rings is 1. The van der Waals surface area contributed by atoms with Crippen molar-refractivity contribution in [2.45, 2.75) is 39.5 Å². The van der Waals surface area contributed by atoms with Crippen LogP contribution in [0.4, 0.5) is 0 Å². The summed E-state index contributed by atoms with van der Waals surface area (Å²) < 4.78 is 10.8. The van der Waals surface area contributed by atoms with Crippen molar-refractivity contribution in [3.63, 3.8) is 0 Å². The van der Waals surface area contributed by atoms with E-state index in [4.69, 9.17) is 9.47 Å². The number of hydrazine groups is 1. The largest absolute Gasteiger partial charge is 0.490 e. The average molecular weight is 447 g/mol. The van der Waals surface area contributed by atoms with E-state index in [0.717, 1.165) is 4.88 Å². The number of para-hydroxylation sites is 2. The highest BCUT2D eigenvalue weighted by Crippen LogP contribution is 2.26. The molecule has 0 atom stereocenters. The van der Waals surface area contributed by atoms with Crippen LogP contribution >= 0.6 is 11.3 Å². The molecule has 0 spiro atoms. The lowest BCUT2D eigenvalue weighted by Crippen LogP contribution is -2.43. The molecule has 2 aromatic rings. The smallest absolute Gasteiger partial charge is 0.276 e. The van der Waals surface area contributed by atoms with Gasteiger partial charge in [-0.05, 0) is 38.1 Å². The molecule has 1 aromatic carbocycles. The second kappa shape index (κ2) is 12.5. The second-order valence-corrected chi connectivity index (χ2v) is 7.92. The van der Waals surface area contributed by atoms with Gasteiger partial charge in [-0.15, -0.1) is 11.3 Å². The zero-order chi connectivity index (χ0) is 22.6. The monoisotopic (exact) mass is 446 g/mol. The van der Waals surface area contributed by atoms with Crippen molar-refractivity contribution in [2.24, 2.45) is 0 Å². The number of ketones is 2. The summed E-state index contributed by atoms with van der Waals surface area (Å²) in [7, 11) is 0. The molecule has 2 amide bonds. The summed E-state index contributed by atoms with van der Waals surface area (Å²) in [5.74, 6) is -0.371. The lowest BCUT2D eigenvalue weighted by Gasteiger charge is -2.12. The van der Waals surface area contributed by atoms with E-state index in [1.807, 2.05) is 19.9 Å². The fourth-order valence-corrected chi connectivity index (χ4v) is 3.40. The van der Waals surface area contributed by atoms with Crippen LogP contribution in [0.25, 0.3) is 0 Å². The van der Waals surface area contributed by atoms with E-state index in [1.165, 1.54) is 11.3 Å². The van der Waals surface area contributed by atoms with E-state index in [9.17, 15) is 19.2 Å². The highest BCUT2D eigenvalue weighted by atomic mass is 32.1. The lowest BCUT2D eigenvalue weighted by molar-refractivity contribution is -0.130. The standard InChI is InChI=1S/C22H26N2O6S/c1-3-29-18-6-4-5-7-19(18)30-14-22(28)24-23-21(27)13-10-16(25)9-11-17(26)20-12-8-15(2)31-20/h4-8,12H,3,9-11,13-14H2,1-2H3,(H,23,27)(H,24,28). The molecule has 166 valence electrons. The van der Waals surface area contributed by atoms with E-state index in [-0.39, 0.29) is 43.9 Å². The molecular weight excluding hydrogens is 420 g/mol. The first-order valence-electron chi connectivity index (χ1n) is 9.92. The molecule has 0 saturated carbocycles. The summed E-state index contributed by atoms with van der Waals surface area (Å²) in [4.78, 5) is 49.3. The summed E-state index contributed by atoms with van der Waals surface area (Å²) in [6, 6.07) is 10.6. The predicted molar refractivity (Wildman–Crippen MR) is 116 cm³/mol. The minimum Gasteiger partial charge on any atom is -0.490 e. The van der Waals surface area contributed by atoms with Crippen LogP contribution in [-0.2, 0) is 14.4 Å². The third-order valence-electron chi connectivity index (χ3n) is 4.13. The normalized spacial score (nSPS) is 10.3. The van der Waals surface area contributed by atoms with Crippen molar-refractivity contribution in [1.29, 1.82) is 0 Å². The van der Waals surface area contributed by atoms with E-state index >= 15 is 0 Å². The van der Waals surface area contributed by atoms with E-state index in [2.05, 4.69) is 10.9 Å². The maximum absolute atomic E-state index is 12.0. The van der Waals surface area contributed by atoms with Crippen molar-refractivity contribution in [3.05, 3.63) is 46.2 Å². The van der Waals surface area contributed by atoms with Gasteiger partial charge in [0, 0.05) is 30.6 Å². The Balaban J connectivity index is 1.62. The Morgan fingerprint density at radius 2 is 1.48 bits per heavy atom.